The summed E-state index contributed by atoms with van der Waals surface area (Å²) in [7, 11) is 0. The number of rotatable bonds is 0. The molecule has 10 heavy (non-hydrogen) atoms. The van der Waals surface area contributed by atoms with Crippen LogP contribution in [0.1, 0.15) is 19.3 Å². The van der Waals surface area contributed by atoms with E-state index in [1.807, 2.05) is 0 Å². The van der Waals surface area contributed by atoms with E-state index in [-0.39, 0.29) is 10.6 Å². The standard InChI is InChI=1S/C6H7BrCl2O/c7-5-2-1-3-6(8,9)4(5)10-5/h4H,1-3H2. The van der Waals surface area contributed by atoms with Gasteiger partial charge in [-0.25, -0.2) is 0 Å². The van der Waals surface area contributed by atoms with Gasteiger partial charge in [0.05, 0.1) is 0 Å². The minimum absolute atomic E-state index is 0.0112. The molecule has 2 unspecified atom stereocenters. The number of fused-ring (bicyclic) bond motifs is 1. The second-order valence-corrected chi connectivity index (χ2v) is 5.78. The van der Waals surface area contributed by atoms with Crippen molar-refractivity contribution in [3.8, 4) is 0 Å². The van der Waals surface area contributed by atoms with Crippen LogP contribution in [0.4, 0.5) is 0 Å². The van der Waals surface area contributed by atoms with Crippen LogP contribution < -0.4 is 0 Å². The number of hydrogen-bond acceptors (Lipinski definition) is 1. The molecule has 0 radical (unpaired) electrons. The summed E-state index contributed by atoms with van der Waals surface area (Å²) in [6.45, 7) is 0. The quantitative estimate of drug-likeness (QED) is 0.473. The summed E-state index contributed by atoms with van der Waals surface area (Å²) in [6, 6.07) is 0. The molecule has 58 valence electrons. The number of halogens is 3. The first kappa shape index (κ1) is 7.66. The lowest BCUT2D eigenvalue weighted by Crippen LogP contribution is -2.30. The van der Waals surface area contributed by atoms with Gasteiger partial charge in [-0.05, 0) is 19.3 Å². The molecule has 4 heteroatoms. The lowest BCUT2D eigenvalue weighted by molar-refractivity contribution is 0.357. The van der Waals surface area contributed by atoms with Crippen LogP contribution in [0.5, 0.6) is 0 Å². The van der Waals surface area contributed by atoms with Crippen molar-refractivity contribution in [3.63, 3.8) is 0 Å². The molecule has 2 aliphatic rings. The molecule has 2 rings (SSSR count). The fraction of sp³-hybridized carbons (Fsp3) is 1.00. The van der Waals surface area contributed by atoms with Gasteiger partial charge in [0.2, 0.25) is 0 Å². The predicted molar refractivity (Wildman–Crippen MR) is 44.8 cm³/mol. The van der Waals surface area contributed by atoms with Crippen LogP contribution in [0.15, 0.2) is 0 Å². The van der Waals surface area contributed by atoms with Crippen LogP contribution in [-0.2, 0) is 4.74 Å². The SMILES string of the molecule is ClC1(Cl)CCCC2(Br)OC12. The van der Waals surface area contributed by atoms with E-state index in [0.29, 0.717) is 0 Å². The van der Waals surface area contributed by atoms with Crippen LogP contribution >= 0.6 is 39.1 Å². The lowest BCUT2D eigenvalue weighted by Gasteiger charge is -2.22. The predicted octanol–water partition coefficient (Wildman–Crippen LogP) is 2.83. The molecule has 1 saturated carbocycles. The zero-order valence-corrected chi connectivity index (χ0v) is 8.34. The van der Waals surface area contributed by atoms with Crippen LogP contribution in [0.3, 0.4) is 0 Å². The normalized spacial score (nSPS) is 50.1. The molecule has 1 aliphatic carbocycles. The van der Waals surface area contributed by atoms with Crippen LogP contribution in [0, 0.1) is 0 Å². The van der Waals surface area contributed by atoms with E-state index in [1.54, 1.807) is 0 Å². The molecular formula is C6H7BrCl2O. The van der Waals surface area contributed by atoms with Gasteiger partial charge in [-0.1, -0.05) is 39.1 Å². The zero-order valence-electron chi connectivity index (χ0n) is 5.24. The van der Waals surface area contributed by atoms with Crippen molar-refractivity contribution in [2.45, 2.75) is 34.2 Å². The van der Waals surface area contributed by atoms with Gasteiger partial charge in [0, 0.05) is 0 Å². The fourth-order valence-corrected chi connectivity index (χ4v) is 3.28. The molecule has 1 nitrogen and oxygen atoms in total. The van der Waals surface area contributed by atoms with Gasteiger partial charge in [0.15, 0.2) is 4.51 Å². The summed E-state index contributed by atoms with van der Waals surface area (Å²) in [4.78, 5) is 0. The summed E-state index contributed by atoms with van der Waals surface area (Å²) in [5, 5.41) is 0. The van der Waals surface area contributed by atoms with E-state index in [4.69, 9.17) is 27.9 Å². The Morgan fingerprint density at radius 2 is 2.10 bits per heavy atom. The summed E-state index contributed by atoms with van der Waals surface area (Å²) in [6.07, 6.45) is 2.92. The van der Waals surface area contributed by atoms with Crippen molar-refractivity contribution in [1.82, 2.24) is 0 Å². The van der Waals surface area contributed by atoms with Gasteiger partial charge in [0.25, 0.3) is 0 Å². The van der Waals surface area contributed by atoms with Gasteiger partial charge in [-0.3, -0.25) is 0 Å². The molecule has 0 aromatic heterocycles. The molecule has 0 N–H and O–H groups in total. The molecule has 1 heterocycles. The Bertz CT molecular complexity index is 173. The minimum Gasteiger partial charge on any atom is -0.351 e. The van der Waals surface area contributed by atoms with Gasteiger partial charge < -0.3 is 4.74 Å². The third-order valence-electron chi connectivity index (χ3n) is 2.06. The van der Waals surface area contributed by atoms with Crippen molar-refractivity contribution in [1.29, 1.82) is 0 Å². The first-order chi connectivity index (χ1) is 4.55. The molecule has 1 aliphatic heterocycles. The van der Waals surface area contributed by atoms with E-state index in [9.17, 15) is 0 Å². The molecule has 0 amide bonds. The van der Waals surface area contributed by atoms with Crippen molar-refractivity contribution < 1.29 is 4.74 Å². The number of epoxide rings is 1. The smallest absolute Gasteiger partial charge is 0.152 e. The number of ether oxygens (including phenoxy) is 1. The Labute approximate surface area is 78.1 Å². The molecular weight excluding hydrogens is 239 g/mol. The lowest BCUT2D eigenvalue weighted by atomic mass is 10.00. The minimum atomic E-state index is -0.651. The molecule has 0 aromatic carbocycles. The van der Waals surface area contributed by atoms with Gasteiger partial charge in [-0.2, -0.15) is 0 Å². The third kappa shape index (κ3) is 1.01. The van der Waals surface area contributed by atoms with E-state index in [0.717, 1.165) is 19.3 Å². The second-order valence-electron chi connectivity index (χ2n) is 2.90. The maximum Gasteiger partial charge on any atom is 0.152 e. The number of hydrogen-bond donors (Lipinski definition) is 0. The van der Waals surface area contributed by atoms with Crippen molar-refractivity contribution >= 4 is 39.1 Å². The summed E-state index contributed by atoms with van der Waals surface area (Å²) in [5.74, 6) is 0. The highest BCUT2D eigenvalue weighted by Crippen LogP contribution is 2.60. The zero-order chi connectivity index (χ0) is 7.41. The molecule has 0 aromatic rings. The van der Waals surface area contributed by atoms with E-state index >= 15 is 0 Å². The highest BCUT2D eigenvalue weighted by atomic mass is 79.9. The monoisotopic (exact) mass is 244 g/mol. The number of alkyl halides is 3. The topological polar surface area (TPSA) is 12.5 Å². The largest absolute Gasteiger partial charge is 0.351 e. The molecule has 1 saturated heterocycles. The van der Waals surface area contributed by atoms with Crippen molar-refractivity contribution in [3.05, 3.63) is 0 Å². The van der Waals surface area contributed by atoms with Gasteiger partial charge in [-0.15, -0.1) is 0 Å². The van der Waals surface area contributed by atoms with E-state index in [2.05, 4.69) is 15.9 Å². The maximum atomic E-state index is 5.96. The van der Waals surface area contributed by atoms with Crippen LogP contribution in [-0.4, -0.2) is 14.9 Å². The van der Waals surface area contributed by atoms with E-state index < -0.39 is 4.33 Å². The average Bonchev–Trinajstić information content (AvgIpc) is 2.41. The van der Waals surface area contributed by atoms with Crippen molar-refractivity contribution in [2.24, 2.45) is 0 Å². The summed E-state index contributed by atoms with van der Waals surface area (Å²) in [5.41, 5.74) is 0. The Hall–Kier alpha value is 1.02. The first-order valence-electron chi connectivity index (χ1n) is 3.29. The van der Waals surface area contributed by atoms with E-state index in [1.165, 1.54) is 0 Å². The Morgan fingerprint density at radius 1 is 1.40 bits per heavy atom. The highest BCUT2D eigenvalue weighted by molar-refractivity contribution is 9.10. The Balaban J connectivity index is 2.16. The molecule has 0 bridgehead atoms. The average molecular weight is 246 g/mol. The maximum absolute atomic E-state index is 5.96. The highest BCUT2D eigenvalue weighted by Gasteiger charge is 2.66. The third-order valence-corrected chi connectivity index (χ3v) is 3.83. The first-order valence-corrected chi connectivity index (χ1v) is 4.84. The molecule has 2 atom stereocenters. The summed E-state index contributed by atoms with van der Waals surface area (Å²) < 4.78 is 4.51. The Kier molecular flexibility index (Phi) is 1.56. The Morgan fingerprint density at radius 3 is 2.60 bits per heavy atom. The van der Waals surface area contributed by atoms with Crippen LogP contribution in [0.25, 0.3) is 0 Å². The van der Waals surface area contributed by atoms with Crippen LogP contribution in [0.2, 0.25) is 0 Å². The van der Waals surface area contributed by atoms with Crippen molar-refractivity contribution in [2.75, 3.05) is 0 Å². The second kappa shape index (κ2) is 2.03. The van der Waals surface area contributed by atoms with Gasteiger partial charge in [0.1, 0.15) is 10.4 Å². The fourth-order valence-electron chi connectivity index (χ4n) is 1.45. The van der Waals surface area contributed by atoms with Gasteiger partial charge >= 0.3 is 0 Å². The molecule has 2 fully saturated rings. The molecule has 0 spiro atoms. The summed E-state index contributed by atoms with van der Waals surface area (Å²) >= 11 is 15.4.